The lowest BCUT2D eigenvalue weighted by molar-refractivity contribution is -0.137. The molecule has 23 heavy (non-hydrogen) atoms. The molecule has 2 aliphatic rings. The fourth-order valence-corrected chi connectivity index (χ4v) is 5.28. The van der Waals surface area contributed by atoms with Gasteiger partial charge in [-0.3, -0.25) is 4.79 Å². The molecule has 3 rings (SSSR count). The van der Waals surface area contributed by atoms with Gasteiger partial charge in [0.25, 0.3) is 0 Å². The number of carbonyl (C=O) groups excluding carboxylic acids is 1. The van der Waals surface area contributed by atoms with E-state index in [1.807, 2.05) is 0 Å². The minimum atomic E-state index is -0.214. The fourth-order valence-electron chi connectivity index (χ4n) is 5.28. The molecule has 2 aliphatic carbocycles. The minimum absolute atomic E-state index is 0.0911. The quantitative estimate of drug-likeness (QED) is 0.765. The number of hydrogen-bond acceptors (Lipinski definition) is 2. The van der Waals surface area contributed by atoms with Gasteiger partial charge in [-0.15, -0.1) is 0 Å². The van der Waals surface area contributed by atoms with Crippen LogP contribution in [0.25, 0.3) is 0 Å². The SMILES string of the molecule is COc1c(C(C)C)ccc2c1CCC1C(C)(C)C(=O)CCC21C. The van der Waals surface area contributed by atoms with E-state index >= 15 is 0 Å². The topological polar surface area (TPSA) is 26.3 Å². The van der Waals surface area contributed by atoms with Gasteiger partial charge in [-0.25, -0.2) is 0 Å². The summed E-state index contributed by atoms with van der Waals surface area (Å²) in [5.74, 6) is 2.42. The van der Waals surface area contributed by atoms with Gasteiger partial charge in [0.15, 0.2) is 0 Å². The first-order valence-electron chi connectivity index (χ1n) is 8.97. The van der Waals surface area contributed by atoms with Crippen molar-refractivity contribution in [2.75, 3.05) is 7.11 Å². The van der Waals surface area contributed by atoms with Crippen molar-refractivity contribution < 1.29 is 9.53 Å². The van der Waals surface area contributed by atoms with E-state index in [0.717, 1.165) is 25.0 Å². The molecule has 2 atom stereocenters. The normalized spacial score (nSPS) is 29.2. The third-order valence-corrected chi connectivity index (χ3v) is 6.65. The van der Waals surface area contributed by atoms with Crippen LogP contribution < -0.4 is 4.74 Å². The van der Waals surface area contributed by atoms with E-state index in [1.54, 1.807) is 7.11 Å². The summed E-state index contributed by atoms with van der Waals surface area (Å²) in [6.45, 7) is 11.1. The van der Waals surface area contributed by atoms with Gasteiger partial charge in [0.05, 0.1) is 7.11 Å². The van der Waals surface area contributed by atoms with Crippen molar-refractivity contribution in [2.45, 2.75) is 71.6 Å². The highest BCUT2D eigenvalue weighted by molar-refractivity contribution is 5.86. The van der Waals surface area contributed by atoms with Gasteiger partial charge in [0, 0.05) is 11.8 Å². The third kappa shape index (κ3) is 2.25. The van der Waals surface area contributed by atoms with Crippen molar-refractivity contribution in [1.29, 1.82) is 0 Å². The van der Waals surface area contributed by atoms with Crippen LogP contribution in [0.3, 0.4) is 0 Å². The standard InChI is InChI=1S/C21H30O2/c1-13(2)14-7-9-16-15(19(14)23-6)8-10-17-20(3,4)18(22)11-12-21(16,17)5/h7,9,13,17H,8,10-12H2,1-6H3. The molecule has 0 saturated heterocycles. The number of rotatable bonds is 2. The Hall–Kier alpha value is -1.31. The van der Waals surface area contributed by atoms with Gasteiger partial charge in [-0.2, -0.15) is 0 Å². The highest BCUT2D eigenvalue weighted by Crippen LogP contribution is 2.57. The number of fused-ring (bicyclic) bond motifs is 3. The molecule has 0 heterocycles. The van der Waals surface area contributed by atoms with Crippen LogP contribution >= 0.6 is 0 Å². The monoisotopic (exact) mass is 314 g/mol. The molecule has 1 aromatic rings. The summed E-state index contributed by atoms with van der Waals surface area (Å²) >= 11 is 0. The highest BCUT2D eigenvalue weighted by atomic mass is 16.5. The number of carbonyl (C=O) groups is 1. The lowest BCUT2D eigenvalue weighted by Crippen LogP contribution is -2.52. The Labute approximate surface area is 140 Å². The first-order chi connectivity index (χ1) is 10.7. The summed E-state index contributed by atoms with van der Waals surface area (Å²) in [5, 5.41) is 0. The Morgan fingerprint density at radius 1 is 1.17 bits per heavy atom. The van der Waals surface area contributed by atoms with Crippen LogP contribution in [0, 0.1) is 11.3 Å². The van der Waals surface area contributed by atoms with Gasteiger partial charge < -0.3 is 4.74 Å². The van der Waals surface area contributed by atoms with Crippen LogP contribution in [0.5, 0.6) is 5.75 Å². The molecule has 0 N–H and O–H groups in total. The van der Waals surface area contributed by atoms with Crippen molar-refractivity contribution in [1.82, 2.24) is 0 Å². The number of Topliss-reactive ketones (excluding diaryl/α,β-unsaturated/α-hetero) is 1. The molecular weight excluding hydrogens is 284 g/mol. The second kappa shape index (κ2) is 5.36. The van der Waals surface area contributed by atoms with Crippen LogP contribution in [0.15, 0.2) is 12.1 Å². The van der Waals surface area contributed by atoms with E-state index in [2.05, 4.69) is 46.8 Å². The van der Waals surface area contributed by atoms with Crippen LogP contribution in [-0.2, 0) is 16.6 Å². The zero-order valence-corrected chi connectivity index (χ0v) is 15.5. The Morgan fingerprint density at radius 3 is 2.48 bits per heavy atom. The Bertz CT molecular complexity index is 641. The molecule has 126 valence electrons. The summed E-state index contributed by atoms with van der Waals surface area (Å²) in [4.78, 5) is 12.5. The van der Waals surface area contributed by atoms with E-state index in [0.29, 0.717) is 24.0 Å². The minimum Gasteiger partial charge on any atom is -0.496 e. The molecule has 1 aromatic carbocycles. The predicted octanol–water partition coefficient (Wildman–Crippen LogP) is 5.03. The molecule has 2 heteroatoms. The first-order valence-corrected chi connectivity index (χ1v) is 8.97. The first kappa shape index (κ1) is 16.5. The average Bonchev–Trinajstić information content (AvgIpc) is 2.50. The van der Waals surface area contributed by atoms with Gasteiger partial charge in [-0.05, 0) is 53.2 Å². The van der Waals surface area contributed by atoms with Gasteiger partial charge in [0.2, 0.25) is 0 Å². The van der Waals surface area contributed by atoms with Gasteiger partial charge in [0.1, 0.15) is 11.5 Å². The molecule has 0 radical (unpaired) electrons. The van der Waals surface area contributed by atoms with Crippen molar-refractivity contribution in [3.8, 4) is 5.75 Å². The number of hydrogen-bond donors (Lipinski definition) is 0. The number of methoxy groups -OCH3 is 1. The van der Waals surface area contributed by atoms with Gasteiger partial charge in [-0.1, -0.05) is 46.8 Å². The number of ether oxygens (including phenoxy) is 1. The summed E-state index contributed by atoms with van der Waals surface area (Å²) < 4.78 is 5.84. The molecule has 0 aromatic heterocycles. The maximum absolute atomic E-state index is 12.5. The molecule has 0 bridgehead atoms. The maximum Gasteiger partial charge on any atom is 0.138 e. The highest BCUT2D eigenvalue weighted by Gasteiger charge is 2.53. The summed E-state index contributed by atoms with van der Waals surface area (Å²) in [5.41, 5.74) is 4.00. The second-order valence-electron chi connectivity index (χ2n) is 8.52. The molecule has 1 fully saturated rings. The van der Waals surface area contributed by atoms with Crippen LogP contribution in [0.2, 0.25) is 0 Å². The van der Waals surface area contributed by atoms with Crippen LogP contribution in [0.1, 0.15) is 76.5 Å². The van der Waals surface area contributed by atoms with E-state index in [-0.39, 0.29) is 10.8 Å². The molecular formula is C21H30O2. The number of ketones is 1. The summed E-state index contributed by atoms with van der Waals surface area (Å²) in [6, 6.07) is 4.57. The molecule has 1 saturated carbocycles. The Morgan fingerprint density at radius 2 is 1.87 bits per heavy atom. The largest absolute Gasteiger partial charge is 0.496 e. The lowest BCUT2D eigenvalue weighted by atomic mass is 9.50. The van der Waals surface area contributed by atoms with Crippen LogP contribution in [-0.4, -0.2) is 12.9 Å². The van der Waals surface area contributed by atoms with Crippen LogP contribution in [0.4, 0.5) is 0 Å². The zero-order chi connectivity index (χ0) is 17.0. The molecule has 2 nitrogen and oxygen atoms in total. The summed E-state index contributed by atoms with van der Waals surface area (Å²) in [7, 11) is 1.80. The van der Waals surface area contributed by atoms with Gasteiger partial charge >= 0.3 is 0 Å². The van der Waals surface area contributed by atoms with E-state index in [1.165, 1.54) is 16.7 Å². The van der Waals surface area contributed by atoms with Crippen molar-refractivity contribution in [3.05, 3.63) is 28.8 Å². The van der Waals surface area contributed by atoms with Crippen molar-refractivity contribution in [3.63, 3.8) is 0 Å². The zero-order valence-electron chi connectivity index (χ0n) is 15.5. The lowest BCUT2D eigenvalue weighted by Gasteiger charge is -2.53. The van der Waals surface area contributed by atoms with E-state index in [9.17, 15) is 4.79 Å². The maximum atomic E-state index is 12.5. The molecule has 0 amide bonds. The van der Waals surface area contributed by atoms with E-state index < -0.39 is 0 Å². The summed E-state index contributed by atoms with van der Waals surface area (Å²) in [6.07, 6.45) is 3.78. The Balaban J connectivity index is 2.16. The molecule has 0 aliphatic heterocycles. The second-order valence-corrected chi connectivity index (χ2v) is 8.52. The van der Waals surface area contributed by atoms with Crippen molar-refractivity contribution >= 4 is 5.78 Å². The molecule has 2 unspecified atom stereocenters. The fraction of sp³-hybridized carbons (Fsp3) is 0.667. The predicted molar refractivity (Wildman–Crippen MR) is 94.3 cm³/mol. The third-order valence-electron chi connectivity index (χ3n) is 6.65. The Kier molecular flexibility index (Phi) is 3.85. The van der Waals surface area contributed by atoms with E-state index in [4.69, 9.17) is 4.74 Å². The molecule has 0 spiro atoms. The smallest absolute Gasteiger partial charge is 0.138 e. The average molecular weight is 314 g/mol. The van der Waals surface area contributed by atoms with Crippen molar-refractivity contribution in [2.24, 2.45) is 11.3 Å². The number of benzene rings is 1.